The summed E-state index contributed by atoms with van der Waals surface area (Å²) in [5.74, 6) is 0.524. The fourth-order valence-corrected chi connectivity index (χ4v) is 4.62. The van der Waals surface area contributed by atoms with E-state index in [1.165, 1.54) is 0 Å². The van der Waals surface area contributed by atoms with Gasteiger partial charge in [-0.15, -0.1) is 0 Å². The lowest BCUT2D eigenvalue weighted by molar-refractivity contribution is 0.0534. The van der Waals surface area contributed by atoms with Crippen LogP contribution in [0.4, 0.5) is 0 Å². The molecule has 1 saturated heterocycles. The molecular weight excluding hydrogens is 248 g/mol. The van der Waals surface area contributed by atoms with E-state index in [0.29, 0.717) is 6.54 Å². The van der Waals surface area contributed by atoms with Crippen LogP contribution in [0.1, 0.15) is 41.0 Å². The monoisotopic (exact) mass is 276 g/mol. The van der Waals surface area contributed by atoms with Crippen molar-refractivity contribution in [1.29, 1.82) is 0 Å². The molecule has 0 aromatic carbocycles. The van der Waals surface area contributed by atoms with Crippen LogP contribution in [0.25, 0.3) is 0 Å². The Hall–Kier alpha value is -0.130. The third-order valence-electron chi connectivity index (χ3n) is 3.84. The molecule has 0 amide bonds. The topological polar surface area (TPSA) is 63.4 Å². The lowest BCUT2D eigenvalue weighted by Gasteiger charge is -2.47. The average Bonchev–Trinajstić information content (AvgIpc) is 2.18. The van der Waals surface area contributed by atoms with Gasteiger partial charge in [-0.25, -0.2) is 8.42 Å². The number of hydrogen-bond donors (Lipinski definition) is 1. The fourth-order valence-electron chi connectivity index (χ4n) is 3.03. The molecule has 5 heteroatoms. The molecule has 0 saturated carbocycles. The van der Waals surface area contributed by atoms with Crippen molar-refractivity contribution >= 4 is 9.84 Å². The third kappa shape index (κ3) is 3.68. The molecule has 2 N–H and O–H groups in total. The quantitative estimate of drug-likeness (QED) is 0.843. The van der Waals surface area contributed by atoms with Gasteiger partial charge in [-0.1, -0.05) is 27.7 Å². The van der Waals surface area contributed by atoms with Gasteiger partial charge in [-0.2, -0.15) is 0 Å². The fraction of sp³-hybridized carbons (Fsp3) is 1.00. The van der Waals surface area contributed by atoms with E-state index in [-0.39, 0.29) is 35.0 Å². The molecule has 3 atom stereocenters. The van der Waals surface area contributed by atoms with Crippen molar-refractivity contribution in [2.45, 2.75) is 59.2 Å². The van der Waals surface area contributed by atoms with Crippen molar-refractivity contribution < 1.29 is 8.42 Å². The molecule has 4 nitrogen and oxygen atoms in total. The van der Waals surface area contributed by atoms with Crippen LogP contribution in [-0.4, -0.2) is 49.5 Å². The summed E-state index contributed by atoms with van der Waals surface area (Å²) in [5, 5.41) is 0. The van der Waals surface area contributed by atoms with E-state index < -0.39 is 9.84 Å². The molecule has 0 spiro atoms. The molecule has 0 radical (unpaired) electrons. The smallest absolute Gasteiger partial charge is 0.153 e. The molecule has 18 heavy (non-hydrogen) atoms. The van der Waals surface area contributed by atoms with Gasteiger partial charge in [0, 0.05) is 24.7 Å². The highest BCUT2D eigenvalue weighted by Crippen LogP contribution is 2.30. The molecule has 0 aromatic rings. The molecule has 1 rings (SSSR count). The molecule has 0 aliphatic carbocycles. The first kappa shape index (κ1) is 15.9. The second-order valence-electron chi connectivity index (χ2n) is 6.58. The standard InChI is InChI=1S/C13H28N2O2S/c1-6-11(14)12(13(3,4)5)15-7-8-18(16,17)9-10(15)2/h10-12H,6-9,14H2,1-5H3. The van der Waals surface area contributed by atoms with E-state index in [4.69, 9.17) is 5.73 Å². The van der Waals surface area contributed by atoms with Crippen LogP contribution in [0, 0.1) is 5.41 Å². The van der Waals surface area contributed by atoms with Crippen molar-refractivity contribution in [2.75, 3.05) is 18.1 Å². The predicted molar refractivity (Wildman–Crippen MR) is 76.3 cm³/mol. The Balaban J connectivity index is 2.94. The summed E-state index contributed by atoms with van der Waals surface area (Å²) >= 11 is 0. The van der Waals surface area contributed by atoms with Crippen molar-refractivity contribution in [2.24, 2.45) is 11.1 Å². The Morgan fingerprint density at radius 1 is 1.39 bits per heavy atom. The van der Waals surface area contributed by atoms with Gasteiger partial charge in [0.25, 0.3) is 0 Å². The highest BCUT2D eigenvalue weighted by atomic mass is 32.2. The molecule has 0 bridgehead atoms. The van der Waals surface area contributed by atoms with E-state index in [0.717, 1.165) is 6.42 Å². The molecule has 1 aliphatic rings. The lowest BCUT2D eigenvalue weighted by Crippen LogP contribution is -2.61. The maximum Gasteiger partial charge on any atom is 0.153 e. The first-order valence-corrected chi connectivity index (χ1v) is 8.62. The van der Waals surface area contributed by atoms with Crippen LogP contribution in [0.5, 0.6) is 0 Å². The van der Waals surface area contributed by atoms with Gasteiger partial charge in [0.05, 0.1) is 11.5 Å². The number of nitrogens with zero attached hydrogens (tertiary/aromatic N) is 1. The summed E-state index contributed by atoms with van der Waals surface area (Å²) in [4.78, 5) is 2.30. The molecule has 0 aromatic heterocycles. The van der Waals surface area contributed by atoms with Gasteiger partial charge < -0.3 is 5.73 Å². The number of rotatable bonds is 3. The minimum Gasteiger partial charge on any atom is -0.326 e. The first-order valence-electron chi connectivity index (χ1n) is 6.80. The SMILES string of the molecule is CCC(N)C(N1CCS(=O)(=O)CC1C)C(C)(C)C. The van der Waals surface area contributed by atoms with Gasteiger partial charge in [-0.3, -0.25) is 4.90 Å². The number of sulfone groups is 1. The first-order chi connectivity index (χ1) is 8.08. The number of hydrogen-bond acceptors (Lipinski definition) is 4. The largest absolute Gasteiger partial charge is 0.326 e. The summed E-state index contributed by atoms with van der Waals surface area (Å²) < 4.78 is 23.3. The van der Waals surface area contributed by atoms with E-state index in [9.17, 15) is 8.42 Å². The normalized spacial score (nSPS) is 28.9. The number of nitrogens with two attached hydrogens (primary N) is 1. The van der Waals surface area contributed by atoms with Crippen LogP contribution >= 0.6 is 0 Å². The maximum absolute atomic E-state index is 11.7. The van der Waals surface area contributed by atoms with Crippen molar-refractivity contribution in [3.63, 3.8) is 0 Å². The summed E-state index contributed by atoms with van der Waals surface area (Å²) in [5.41, 5.74) is 6.33. The highest BCUT2D eigenvalue weighted by Gasteiger charge is 2.40. The zero-order valence-electron chi connectivity index (χ0n) is 12.3. The van der Waals surface area contributed by atoms with Crippen LogP contribution in [-0.2, 0) is 9.84 Å². The predicted octanol–water partition coefficient (Wildman–Crippen LogP) is 1.26. The molecule has 108 valence electrons. The van der Waals surface area contributed by atoms with Crippen LogP contribution in [0.3, 0.4) is 0 Å². The second-order valence-corrected chi connectivity index (χ2v) is 8.81. The van der Waals surface area contributed by atoms with Crippen molar-refractivity contribution in [3.05, 3.63) is 0 Å². The Labute approximate surface area is 112 Å². The maximum atomic E-state index is 11.7. The second kappa shape index (κ2) is 5.47. The van der Waals surface area contributed by atoms with Crippen LogP contribution < -0.4 is 5.73 Å². The zero-order valence-corrected chi connectivity index (χ0v) is 13.1. The molecule has 3 unspecified atom stereocenters. The minimum atomic E-state index is -2.86. The molecule has 1 aliphatic heterocycles. The van der Waals surface area contributed by atoms with Gasteiger partial charge >= 0.3 is 0 Å². The third-order valence-corrected chi connectivity index (χ3v) is 5.64. The van der Waals surface area contributed by atoms with E-state index in [1.807, 2.05) is 6.92 Å². The Morgan fingerprint density at radius 2 is 1.94 bits per heavy atom. The molecular formula is C13H28N2O2S. The highest BCUT2D eigenvalue weighted by molar-refractivity contribution is 7.91. The van der Waals surface area contributed by atoms with Crippen molar-refractivity contribution in [3.8, 4) is 0 Å². The van der Waals surface area contributed by atoms with Crippen LogP contribution in [0.2, 0.25) is 0 Å². The average molecular weight is 276 g/mol. The summed E-state index contributed by atoms with van der Waals surface area (Å²) in [7, 11) is -2.86. The Bertz CT molecular complexity index is 373. The van der Waals surface area contributed by atoms with Gasteiger partial charge in [-0.05, 0) is 18.8 Å². The van der Waals surface area contributed by atoms with Gasteiger partial charge in [0.2, 0.25) is 0 Å². The van der Waals surface area contributed by atoms with E-state index in [1.54, 1.807) is 0 Å². The Morgan fingerprint density at radius 3 is 2.33 bits per heavy atom. The van der Waals surface area contributed by atoms with E-state index >= 15 is 0 Å². The van der Waals surface area contributed by atoms with E-state index in [2.05, 4.69) is 32.6 Å². The summed E-state index contributed by atoms with van der Waals surface area (Å²) in [6.07, 6.45) is 0.915. The lowest BCUT2D eigenvalue weighted by atomic mass is 9.80. The summed E-state index contributed by atoms with van der Waals surface area (Å²) in [6.45, 7) is 11.3. The molecule has 1 fully saturated rings. The van der Waals surface area contributed by atoms with Crippen molar-refractivity contribution in [1.82, 2.24) is 4.90 Å². The van der Waals surface area contributed by atoms with Crippen LogP contribution in [0.15, 0.2) is 0 Å². The zero-order chi connectivity index (χ0) is 14.1. The molecule has 1 heterocycles. The van der Waals surface area contributed by atoms with Gasteiger partial charge in [0.1, 0.15) is 0 Å². The Kier molecular flexibility index (Phi) is 4.84. The minimum absolute atomic E-state index is 0.0603. The summed E-state index contributed by atoms with van der Waals surface area (Å²) in [6, 6.07) is 0.381. The van der Waals surface area contributed by atoms with Gasteiger partial charge in [0.15, 0.2) is 9.84 Å².